The Balaban J connectivity index is 1.31. The van der Waals surface area contributed by atoms with Gasteiger partial charge >= 0.3 is 21.2 Å². The van der Waals surface area contributed by atoms with Crippen LogP contribution in [0.4, 0.5) is 0 Å². The molecule has 174 valence electrons. The van der Waals surface area contributed by atoms with Crippen LogP contribution in [-0.2, 0) is 16.8 Å². The highest BCUT2D eigenvalue weighted by Crippen LogP contribution is 2.22. The molecule has 0 saturated carbocycles. The number of rotatable bonds is 7. The molecule has 0 aromatic heterocycles. The lowest BCUT2D eigenvalue weighted by Crippen LogP contribution is -3.61. The van der Waals surface area contributed by atoms with Gasteiger partial charge in [-0.3, -0.25) is 0 Å². The van der Waals surface area contributed by atoms with Crippen molar-refractivity contribution in [2.45, 2.75) is 65.3 Å². The molecule has 4 heteroatoms. The van der Waals surface area contributed by atoms with Crippen LogP contribution in [0.15, 0.2) is 66.7 Å². The fourth-order valence-electron chi connectivity index (χ4n) is 3.73. The summed E-state index contributed by atoms with van der Waals surface area (Å²) < 4.78 is 20.5. The smallest absolute Gasteiger partial charge is 0.358 e. The first-order chi connectivity index (χ1) is 15.9. The van der Waals surface area contributed by atoms with E-state index < -0.39 is 0 Å². The summed E-state index contributed by atoms with van der Waals surface area (Å²) in [6.45, 7) is 10.3. The highest BCUT2D eigenvalue weighted by Gasteiger charge is 2.21. The highest BCUT2D eigenvalue weighted by atomic mass is 127. The zero-order valence-corrected chi connectivity index (χ0v) is 22.2. The molecule has 1 aliphatic heterocycles. The Morgan fingerprint density at radius 2 is 1.64 bits per heavy atom. The van der Waals surface area contributed by atoms with E-state index in [9.17, 15) is 0 Å². The van der Waals surface area contributed by atoms with Gasteiger partial charge in [-0.15, -0.1) is 0 Å². The summed E-state index contributed by atoms with van der Waals surface area (Å²) >= 11 is -0.201. The highest BCUT2D eigenvalue weighted by molar-refractivity contribution is 5.30. The summed E-state index contributed by atoms with van der Waals surface area (Å²) in [5.41, 5.74) is 4.01. The Bertz CT molecular complexity index is 1030. The van der Waals surface area contributed by atoms with Gasteiger partial charge in [-0.25, -0.2) is 0 Å². The van der Waals surface area contributed by atoms with Crippen LogP contribution >= 0.6 is 0 Å². The summed E-state index contributed by atoms with van der Waals surface area (Å²) in [5.74, 6) is 1.77. The molecule has 0 N–H and O–H groups in total. The second-order valence-corrected chi connectivity index (χ2v) is 12.6. The van der Waals surface area contributed by atoms with Crippen LogP contribution in [-0.4, -0.2) is 12.9 Å². The molecule has 4 rings (SSSR count). The second kappa shape index (κ2) is 10.9. The van der Waals surface area contributed by atoms with E-state index in [0.29, 0.717) is 6.61 Å². The maximum atomic E-state index is 6.07. The van der Waals surface area contributed by atoms with Gasteiger partial charge in [0.1, 0.15) is 18.1 Å². The number of benzene rings is 3. The molecule has 0 bridgehead atoms. The van der Waals surface area contributed by atoms with Gasteiger partial charge in [-0.05, 0) is 78.8 Å². The third-order valence-electron chi connectivity index (χ3n) is 5.78. The van der Waals surface area contributed by atoms with Gasteiger partial charge in [0, 0.05) is 12.0 Å². The molecule has 0 amide bonds. The number of ether oxygens (including phenoxy) is 3. The minimum atomic E-state index is -0.201. The van der Waals surface area contributed by atoms with E-state index in [1.54, 1.807) is 0 Å². The van der Waals surface area contributed by atoms with Crippen LogP contribution < -0.4 is 30.7 Å². The Labute approximate surface area is 208 Å². The summed E-state index contributed by atoms with van der Waals surface area (Å²) in [5, 5.41) is 0. The normalized spacial score (nSPS) is 16.4. The van der Waals surface area contributed by atoms with Crippen LogP contribution in [0.25, 0.3) is 0 Å². The van der Waals surface area contributed by atoms with Gasteiger partial charge in [-0.1, -0.05) is 45.0 Å². The van der Waals surface area contributed by atoms with Gasteiger partial charge in [0.15, 0.2) is 13.4 Å². The third-order valence-corrected chi connectivity index (χ3v) is 8.92. The Morgan fingerprint density at radius 3 is 2.27 bits per heavy atom. The number of halogens is 1. The lowest BCUT2D eigenvalue weighted by atomic mass is 9.87. The molecule has 1 atom stereocenters. The van der Waals surface area contributed by atoms with Gasteiger partial charge in [0.25, 0.3) is 0 Å². The quantitative estimate of drug-likeness (QED) is 0.413. The van der Waals surface area contributed by atoms with Crippen molar-refractivity contribution in [2.24, 2.45) is 0 Å². The van der Waals surface area contributed by atoms with Crippen molar-refractivity contribution in [3.05, 3.63) is 90.6 Å². The molecule has 3 aromatic carbocycles. The van der Waals surface area contributed by atoms with Crippen LogP contribution in [0.5, 0.6) is 11.5 Å². The van der Waals surface area contributed by atoms with E-state index in [4.69, 9.17) is 14.2 Å². The maximum Gasteiger partial charge on any atom is 0.358 e. The van der Waals surface area contributed by atoms with Gasteiger partial charge in [0.05, 0.1) is 6.61 Å². The van der Waals surface area contributed by atoms with E-state index >= 15 is 0 Å². The van der Waals surface area contributed by atoms with E-state index in [0.717, 1.165) is 36.5 Å². The summed E-state index contributed by atoms with van der Waals surface area (Å²) in [4.78, 5) is 0. The molecule has 1 fully saturated rings. The van der Waals surface area contributed by atoms with Crippen molar-refractivity contribution < 1.29 is 35.4 Å². The molecule has 1 saturated heterocycles. The lowest BCUT2D eigenvalue weighted by Gasteiger charge is -2.23. The Hall–Kier alpha value is -2.05. The lowest BCUT2D eigenvalue weighted by molar-refractivity contribution is -0.598. The monoisotopic (exact) mass is 557 g/mol. The minimum Gasteiger partial charge on any atom is -0.489 e. The zero-order chi connectivity index (χ0) is 23.3. The Kier molecular flexibility index (Phi) is 7.97. The molecule has 3 aromatic rings. The van der Waals surface area contributed by atoms with Crippen molar-refractivity contribution in [3.63, 3.8) is 0 Å². The molecule has 0 radical (unpaired) electrons. The molecule has 33 heavy (non-hydrogen) atoms. The van der Waals surface area contributed by atoms with Crippen molar-refractivity contribution in [1.29, 1.82) is 0 Å². The molecular weight excluding hydrogens is 523 g/mol. The number of hydrogen-bond acceptors (Lipinski definition) is 3. The van der Waals surface area contributed by atoms with Gasteiger partial charge < -0.3 is 14.2 Å². The molecule has 3 nitrogen and oxygen atoms in total. The van der Waals surface area contributed by atoms with Crippen molar-refractivity contribution in [2.75, 3.05) is 6.61 Å². The molecule has 1 heterocycles. The van der Waals surface area contributed by atoms with Crippen molar-refractivity contribution >= 4 is 0 Å². The summed E-state index contributed by atoms with van der Waals surface area (Å²) in [6.07, 6.45) is 3.15. The van der Waals surface area contributed by atoms with E-state index in [-0.39, 0.29) is 32.9 Å². The SMILES string of the molecule is Cc1cc(OCc2ccc(OC3CCCCO3)cc2)ccc1[I+]c1ccc(C(C)(C)C)cc1. The third kappa shape index (κ3) is 6.97. The minimum absolute atomic E-state index is 0.110. The fraction of sp³-hybridized carbons (Fsp3) is 0.379. The molecule has 1 aliphatic rings. The van der Waals surface area contributed by atoms with Crippen molar-refractivity contribution in [1.82, 2.24) is 0 Å². The second-order valence-electron chi connectivity index (χ2n) is 9.61. The Morgan fingerprint density at radius 1 is 0.909 bits per heavy atom. The molecular formula is C29H34IO3+. The van der Waals surface area contributed by atoms with E-state index in [1.807, 2.05) is 12.1 Å². The van der Waals surface area contributed by atoms with Crippen LogP contribution in [0.2, 0.25) is 0 Å². The van der Waals surface area contributed by atoms with E-state index in [2.05, 4.69) is 82.3 Å². The number of aryl methyl sites for hydroxylation is 1. The van der Waals surface area contributed by atoms with Crippen molar-refractivity contribution in [3.8, 4) is 11.5 Å². The van der Waals surface area contributed by atoms with Crippen LogP contribution in [0, 0.1) is 14.1 Å². The predicted molar refractivity (Wildman–Crippen MR) is 129 cm³/mol. The molecule has 0 spiro atoms. The summed E-state index contributed by atoms with van der Waals surface area (Å²) in [7, 11) is 0. The largest absolute Gasteiger partial charge is 0.489 e. The maximum absolute atomic E-state index is 6.07. The topological polar surface area (TPSA) is 27.7 Å². The number of hydrogen-bond donors (Lipinski definition) is 0. The van der Waals surface area contributed by atoms with Gasteiger partial charge in [0.2, 0.25) is 0 Å². The first kappa shape index (κ1) is 24.1. The van der Waals surface area contributed by atoms with Crippen LogP contribution in [0.3, 0.4) is 0 Å². The van der Waals surface area contributed by atoms with Crippen LogP contribution in [0.1, 0.15) is 56.7 Å². The molecule has 0 aliphatic carbocycles. The fourth-order valence-corrected chi connectivity index (χ4v) is 6.06. The predicted octanol–water partition coefficient (Wildman–Crippen LogP) is 3.91. The summed E-state index contributed by atoms with van der Waals surface area (Å²) in [6, 6.07) is 23.8. The van der Waals surface area contributed by atoms with Gasteiger partial charge in [-0.2, -0.15) is 0 Å². The van der Waals surface area contributed by atoms with E-state index in [1.165, 1.54) is 24.7 Å². The zero-order valence-electron chi connectivity index (χ0n) is 20.1. The average Bonchev–Trinajstić information content (AvgIpc) is 2.81. The first-order valence-corrected chi connectivity index (χ1v) is 13.9. The molecule has 1 unspecified atom stereocenters. The average molecular weight is 557 g/mol. The first-order valence-electron chi connectivity index (χ1n) is 11.7. The standard InChI is InChI=1S/C29H34IO3/c1-21-19-26(16-17-27(21)30-24-12-10-23(11-13-24)29(2,3)4)32-20-22-8-14-25(15-9-22)33-28-7-5-6-18-31-28/h8-17,19,28H,5-7,18,20H2,1-4H3/q+1.